The lowest BCUT2D eigenvalue weighted by Crippen LogP contribution is -2.50. The van der Waals surface area contributed by atoms with Crippen molar-refractivity contribution in [2.45, 2.75) is 51.3 Å². The van der Waals surface area contributed by atoms with E-state index in [0.717, 1.165) is 22.3 Å². The molecule has 0 aliphatic heterocycles. The highest BCUT2D eigenvalue weighted by atomic mass is 16.5. The van der Waals surface area contributed by atoms with Crippen molar-refractivity contribution in [1.82, 2.24) is 10.6 Å². The summed E-state index contributed by atoms with van der Waals surface area (Å²) < 4.78 is 5.54. The van der Waals surface area contributed by atoms with Crippen molar-refractivity contribution in [2.75, 3.05) is 6.61 Å². The number of carboxylic acid groups (broad SMARTS) is 1. The number of carbonyl (C=O) groups is 3. The Morgan fingerprint density at radius 2 is 1.48 bits per heavy atom. The van der Waals surface area contributed by atoms with E-state index in [0.29, 0.717) is 0 Å². The van der Waals surface area contributed by atoms with E-state index >= 15 is 0 Å². The van der Waals surface area contributed by atoms with Gasteiger partial charge in [-0.3, -0.25) is 4.79 Å². The van der Waals surface area contributed by atoms with Crippen molar-refractivity contribution in [3.05, 3.63) is 59.7 Å². The van der Waals surface area contributed by atoms with Crippen LogP contribution in [0.1, 0.15) is 44.2 Å². The molecule has 1 aliphatic carbocycles. The number of fused-ring (bicyclic) bond motifs is 3. The molecule has 0 bridgehead atoms. The average molecular weight is 455 g/mol. The smallest absolute Gasteiger partial charge is 0.407 e. The normalized spacial score (nSPS) is 15.2. The van der Waals surface area contributed by atoms with Crippen LogP contribution in [0, 0.1) is 5.92 Å². The van der Waals surface area contributed by atoms with Crippen LogP contribution < -0.4 is 10.6 Å². The maximum absolute atomic E-state index is 12.6. The number of benzene rings is 2. The Morgan fingerprint density at radius 3 is 1.97 bits per heavy atom. The van der Waals surface area contributed by atoms with Gasteiger partial charge in [0.05, 0.1) is 6.10 Å². The minimum absolute atomic E-state index is 0.0775. The largest absolute Gasteiger partial charge is 0.480 e. The summed E-state index contributed by atoms with van der Waals surface area (Å²) in [5, 5.41) is 23.7. The van der Waals surface area contributed by atoms with Gasteiger partial charge < -0.3 is 25.6 Å². The lowest BCUT2D eigenvalue weighted by molar-refractivity contribution is -0.144. The van der Waals surface area contributed by atoms with Crippen LogP contribution >= 0.6 is 0 Å². The number of alkyl carbamates (subject to hydrolysis) is 1. The van der Waals surface area contributed by atoms with Crippen LogP contribution in [0.5, 0.6) is 0 Å². The van der Waals surface area contributed by atoms with E-state index in [-0.39, 0.29) is 24.9 Å². The third kappa shape index (κ3) is 5.70. The van der Waals surface area contributed by atoms with Crippen LogP contribution in [0.15, 0.2) is 48.5 Å². The number of nitrogens with one attached hydrogen (secondary N) is 2. The summed E-state index contributed by atoms with van der Waals surface area (Å²) in [6.07, 6.45) is -2.04. The topological polar surface area (TPSA) is 125 Å². The van der Waals surface area contributed by atoms with Gasteiger partial charge in [-0.25, -0.2) is 9.59 Å². The van der Waals surface area contributed by atoms with E-state index in [4.69, 9.17) is 9.84 Å². The molecule has 2 aromatic rings. The second-order valence-electron chi connectivity index (χ2n) is 8.65. The summed E-state index contributed by atoms with van der Waals surface area (Å²) in [6, 6.07) is 14.1. The molecular weight excluding hydrogens is 424 g/mol. The Morgan fingerprint density at radius 1 is 0.939 bits per heavy atom. The Kier molecular flexibility index (Phi) is 7.71. The van der Waals surface area contributed by atoms with E-state index in [1.807, 2.05) is 50.2 Å². The first-order chi connectivity index (χ1) is 15.7. The summed E-state index contributed by atoms with van der Waals surface area (Å²) >= 11 is 0. The van der Waals surface area contributed by atoms with Gasteiger partial charge in [-0.05, 0) is 35.1 Å². The van der Waals surface area contributed by atoms with Gasteiger partial charge in [-0.1, -0.05) is 62.4 Å². The van der Waals surface area contributed by atoms with Gasteiger partial charge in [0.1, 0.15) is 6.61 Å². The molecule has 0 saturated carbocycles. The van der Waals surface area contributed by atoms with Crippen LogP contribution in [-0.2, 0) is 14.3 Å². The molecule has 8 nitrogen and oxygen atoms in total. The van der Waals surface area contributed by atoms with Crippen LogP contribution in [0.4, 0.5) is 4.79 Å². The van der Waals surface area contributed by atoms with Crippen LogP contribution in [0.3, 0.4) is 0 Å². The van der Waals surface area contributed by atoms with E-state index in [1.54, 1.807) is 0 Å². The number of aliphatic hydroxyl groups is 1. The lowest BCUT2D eigenvalue weighted by atomic mass is 9.98. The number of ether oxygens (including phenoxy) is 1. The molecule has 4 N–H and O–H groups in total. The Bertz CT molecular complexity index is 974. The second-order valence-corrected chi connectivity index (χ2v) is 8.65. The highest BCUT2D eigenvalue weighted by Crippen LogP contribution is 2.44. The first-order valence-electron chi connectivity index (χ1n) is 11.0. The van der Waals surface area contributed by atoms with Gasteiger partial charge in [0, 0.05) is 18.4 Å². The van der Waals surface area contributed by atoms with Crippen molar-refractivity contribution in [3.8, 4) is 11.1 Å². The Hall–Kier alpha value is -3.39. The Balaban J connectivity index is 1.61. The van der Waals surface area contributed by atoms with Gasteiger partial charge in [0.2, 0.25) is 5.91 Å². The lowest BCUT2D eigenvalue weighted by Gasteiger charge is -2.24. The fourth-order valence-electron chi connectivity index (χ4n) is 4.07. The Labute approximate surface area is 193 Å². The van der Waals surface area contributed by atoms with E-state index in [1.165, 1.54) is 6.92 Å². The van der Waals surface area contributed by atoms with Crippen molar-refractivity contribution < 1.29 is 29.3 Å². The number of aliphatic hydroxyl groups excluding tert-OH is 1. The first-order valence-corrected chi connectivity index (χ1v) is 11.0. The fraction of sp³-hybridized carbons (Fsp3) is 0.400. The maximum Gasteiger partial charge on any atom is 0.407 e. The number of carboxylic acids is 1. The summed E-state index contributed by atoms with van der Waals surface area (Å²) in [7, 11) is 0. The number of rotatable bonds is 9. The molecule has 3 rings (SSSR count). The minimum Gasteiger partial charge on any atom is -0.480 e. The number of hydrogen-bond donors (Lipinski definition) is 4. The zero-order valence-electron chi connectivity index (χ0n) is 18.9. The summed E-state index contributed by atoms with van der Waals surface area (Å²) in [4.78, 5) is 36.1. The van der Waals surface area contributed by atoms with Crippen LogP contribution in [0.25, 0.3) is 11.1 Å². The molecule has 2 amide bonds. The van der Waals surface area contributed by atoms with Gasteiger partial charge >= 0.3 is 12.1 Å². The summed E-state index contributed by atoms with van der Waals surface area (Å²) in [5.41, 5.74) is 4.46. The molecule has 0 unspecified atom stereocenters. The number of hydrogen-bond acceptors (Lipinski definition) is 5. The van der Waals surface area contributed by atoms with Crippen LogP contribution in [-0.4, -0.2) is 53.0 Å². The van der Waals surface area contributed by atoms with Crippen LogP contribution in [0.2, 0.25) is 0 Å². The molecule has 0 saturated heterocycles. The molecule has 0 spiro atoms. The van der Waals surface area contributed by atoms with E-state index in [2.05, 4.69) is 22.8 Å². The quantitative estimate of drug-likeness (QED) is 0.462. The number of amides is 2. The predicted octanol–water partition coefficient (Wildman–Crippen LogP) is 2.89. The first kappa shape index (κ1) is 24.3. The van der Waals surface area contributed by atoms with Crippen molar-refractivity contribution in [3.63, 3.8) is 0 Å². The molecule has 0 fully saturated rings. The predicted molar refractivity (Wildman–Crippen MR) is 123 cm³/mol. The standard InChI is InChI=1S/C25H30N2O6/c1-14(2)21(12-22(29)27-23(15(3)28)24(30)31)26-25(32)33-13-20-18-10-6-4-8-16(18)17-9-5-7-11-19(17)20/h4-11,14-15,20-21,23,28H,12-13H2,1-3H3,(H,26,32)(H,27,29)(H,30,31)/t15-,21+,23+/m1/s1. The minimum atomic E-state index is -1.42. The van der Waals surface area contributed by atoms with Crippen molar-refractivity contribution in [2.24, 2.45) is 5.92 Å². The van der Waals surface area contributed by atoms with Crippen molar-refractivity contribution in [1.29, 1.82) is 0 Å². The van der Waals surface area contributed by atoms with Gasteiger partial charge in [-0.15, -0.1) is 0 Å². The third-order valence-electron chi connectivity index (χ3n) is 5.92. The molecule has 0 aromatic heterocycles. The van der Waals surface area contributed by atoms with E-state index in [9.17, 15) is 19.5 Å². The molecule has 0 radical (unpaired) electrons. The van der Waals surface area contributed by atoms with Gasteiger partial charge in [0.15, 0.2) is 6.04 Å². The zero-order chi connectivity index (χ0) is 24.1. The molecule has 176 valence electrons. The van der Waals surface area contributed by atoms with E-state index < -0.39 is 36.2 Å². The molecule has 1 aliphatic rings. The third-order valence-corrected chi connectivity index (χ3v) is 5.92. The molecule has 8 heteroatoms. The van der Waals surface area contributed by atoms with Crippen molar-refractivity contribution >= 4 is 18.0 Å². The second kappa shape index (κ2) is 10.5. The average Bonchev–Trinajstić information content (AvgIpc) is 3.09. The monoisotopic (exact) mass is 454 g/mol. The SMILES string of the molecule is CC(C)[C@H](CC(=O)N[C@H](C(=O)O)[C@@H](C)O)NC(=O)OCC1c2ccccc2-c2ccccc21. The van der Waals surface area contributed by atoms with Gasteiger partial charge in [0.25, 0.3) is 0 Å². The van der Waals surface area contributed by atoms with Gasteiger partial charge in [-0.2, -0.15) is 0 Å². The molecule has 2 aromatic carbocycles. The fourth-order valence-corrected chi connectivity index (χ4v) is 4.07. The molecule has 3 atom stereocenters. The zero-order valence-corrected chi connectivity index (χ0v) is 18.9. The summed E-state index contributed by atoms with van der Waals surface area (Å²) in [5.74, 6) is -2.10. The molecule has 33 heavy (non-hydrogen) atoms. The molecular formula is C25H30N2O6. The number of carbonyl (C=O) groups excluding carboxylic acids is 2. The maximum atomic E-state index is 12.6. The highest BCUT2D eigenvalue weighted by Gasteiger charge is 2.30. The summed E-state index contributed by atoms with van der Waals surface area (Å²) in [6.45, 7) is 5.12. The number of aliphatic carboxylic acids is 1. The molecule has 0 heterocycles. The highest BCUT2D eigenvalue weighted by molar-refractivity contribution is 5.84.